The number of ether oxygens (including phenoxy) is 3. The minimum Gasteiger partial charge on any atom is -0.486 e. The molecule has 1 N–H and O–H groups in total. The highest BCUT2D eigenvalue weighted by Gasteiger charge is 2.66. The van der Waals surface area contributed by atoms with Crippen molar-refractivity contribution < 1.29 is 28.2 Å². The van der Waals surface area contributed by atoms with Gasteiger partial charge in [-0.15, -0.1) is 0 Å². The molecule has 2 aromatic rings. The van der Waals surface area contributed by atoms with Crippen molar-refractivity contribution in [2.75, 3.05) is 25.1 Å². The number of amides is 2. The standard InChI is InChI=1S/C22H20N2O6/c25-20(23-13-3-4-15-17(10-13)29-9-8-28-15)18-16-5-6-22(30-16)12-24(21(26)19(18)22)11-14-2-1-7-27-14/h1-7,10,16,18-19H,8-9,11-12H2,(H,23,25)/t16-,18+,19-,22-/m0/s1. The molecule has 4 atom stereocenters. The largest absolute Gasteiger partial charge is 0.486 e. The Bertz CT molecular complexity index is 1050. The molecule has 2 amide bonds. The van der Waals surface area contributed by atoms with Crippen molar-refractivity contribution in [3.8, 4) is 11.5 Å². The first-order valence-electron chi connectivity index (χ1n) is 10.0. The van der Waals surface area contributed by atoms with Gasteiger partial charge in [0.15, 0.2) is 11.5 Å². The average molecular weight is 408 g/mol. The summed E-state index contributed by atoms with van der Waals surface area (Å²) >= 11 is 0. The van der Waals surface area contributed by atoms with E-state index >= 15 is 0 Å². The van der Waals surface area contributed by atoms with Gasteiger partial charge in [-0.05, 0) is 24.3 Å². The second-order valence-corrected chi connectivity index (χ2v) is 8.02. The van der Waals surface area contributed by atoms with Gasteiger partial charge in [-0.25, -0.2) is 0 Å². The number of anilines is 1. The van der Waals surface area contributed by atoms with Crippen LogP contribution in [0.25, 0.3) is 0 Å². The topological polar surface area (TPSA) is 90.2 Å². The Kier molecular flexibility index (Phi) is 3.73. The number of nitrogens with zero attached hydrogens (tertiary/aromatic N) is 1. The minimum absolute atomic E-state index is 0.0828. The first-order chi connectivity index (χ1) is 14.6. The van der Waals surface area contributed by atoms with E-state index in [1.807, 2.05) is 18.2 Å². The van der Waals surface area contributed by atoms with E-state index in [1.165, 1.54) is 0 Å². The van der Waals surface area contributed by atoms with Crippen LogP contribution in [0.1, 0.15) is 5.76 Å². The normalized spacial score (nSPS) is 30.6. The number of carbonyl (C=O) groups is 2. The molecule has 2 bridgehead atoms. The van der Waals surface area contributed by atoms with Gasteiger partial charge >= 0.3 is 0 Å². The maximum Gasteiger partial charge on any atom is 0.231 e. The molecule has 30 heavy (non-hydrogen) atoms. The Morgan fingerprint density at radius 3 is 2.90 bits per heavy atom. The van der Waals surface area contributed by atoms with E-state index in [-0.39, 0.29) is 11.8 Å². The first-order valence-corrected chi connectivity index (χ1v) is 10.0. The van der Waals surface area contributed by atoms with E-state index in [9.17, 15) is 9.59 Å². The second-order valence-electron chi connectivity index (χ2n) is 8.02. The van der Waals surface area contributed by atoms with E-state index in [4.69, 9.17) is 18.6 Å². The van der Waals surface area contributed by atoms with E-state index in [0.717, 1.165) is 0 Å². The lowest BCUT2D eigenvalue weighted by Gasteiger charge is -2.24. The number of carbonyl (C=O) groups excluding carboxylic acids is 2. The van der Waals surface area contributed by atoms with E-state index in [0.29, 0.717) is 49.2 Å². The number of fused-ring (bicyclic) bond motifs is 2. The fourth-order valence-electron chi connectivity index (χ4n) is 4.95. The van der Waals surface area contributed by atoms with Crippen LogP contribution in [-0.4, -0.2) is 48.2 Å². The maximum atomic E-state index is 13.2. The highest BCUT2D eigenvalue weighted by molar-refractivity contribution is 5.99. The van der Waals surface area contributed by atoms with Crippen molar-refractivity contribution in [3.63, 3.8) is 0 Å². The summed E-state index contributed by atoms with van der Waals surface area (Å²) in [6.07, 6.45) is 5.02. The van der Waals surface area contributed by atoms with Gasteiger partial charge in [-0.1, -0.05) is 12.2 Å². The molecule has 2 saturated heterocycles. The van der Waals surface area contributed by atoms with Crippen LogP contribution in [0.5, 0.6) is 11.5 Å². The van der Waals surface area contributed by atoms with Crippen LogP contribution in [0.3, 0.4) is 0 Å². The lowest BCUT2D eigenvalue weighted by Crippen LogP contribution is -2.41. The molecule has 1 aromatic heterocycles. The summed E-state index contributed by atoms with van der Waals surface area (Å²) in [5.41, 5.74) is -0.147. The molecule has 0 aliphatic carbocycles. The fourth-order valence-corrected chi connectivity index (χ4v) is 4.95. The summed E-state index contributed by atoms with van der Waals surface area (Å²) in [7, 11) is 0. The predicted molar refractivity (Wildman–Crippen MR) is 104 cm³/mol. The van der Waals surface area contributed by atoms with Crippen LogP contribution in [0.15, 0.2) is 53.2 Å². The maximum absolute atomic E-state index is 13.2. The molecule has 0 unspecified atom stereocenters. The first kappa shape index (κ1) is 17.6. The Balaban J connectivity index is 1.23. The second kappa shape index (κ2) is 6.37. The third-order valence-electron chi connectivity index (χ3n) is 6.22. The SMILES string of the molecule is O=C(Nc1ccc2c(c1)OCCO2)[C@@H]1[C@@H]2C=C[C@@]3(CN(Cc4ccco4)C(=O)[C@H]13)O2. The predicted octanol–water partition coefficient (Wildman–Crippen LogP) is 1.97. The van der Waals surface area contributed by atoms with Crippen molar-refractivity contribution >= 4 is 17.5 Å². The molecule has 1 aromatic carbocycles. The molecule has 8 nitrogen and oxygen atoms in total. The van der Waals surface area contributed by atoms with E-state index in [1.54, 1.807) is 35.4 Å². The van der Waals surface area contributed by atoms with Crippen LogP contribution in [0.2, 0.25) is 0 Å². The van der Waals surface area contributed by atoms with Crippen molar-refractivity contribution in [2.24, 2.45) is 11.8 Å². The van der Waals surface area contributed by atoms with Crippen LogP contribution in [-0.2, 0) is 20.9 Å². The molecule has 1 spiro atoms. The van der Waals surface area contributed by atoms with Crippen molar-refractivity contribution in [2.45, 2.75) is 18.2 Å². The number of rotatable bonds is 4. The van der Waals surface area contributed by atoms with Gasteiger partial charge in [0.1, 0.15) is 24.6 Å². The third kappa shape index (κ3) is 2.56. The molecule has 4 aliphatic rings. The summed E-state index contributed by atoms with van der Waals surface area (Å²) in [6.45, 7) is 1.76. The summed E-state index contributed by atoms with van der Waals surface area (Å²) in [5.74, 6) is 0.513. The molecule has 4 aliphatic heterocycles. The monoisotopic (exact) mass is 408 g/mol. The number of hydrogen-bond donors (Lipinski definition) is 1. The van der Waals surface area contributed by atoms with E-state index < -0.39 is 23.5 Å². The number of furan rings is 1. The molecule has 5 heterocycles. The highest BCUT2D eigenvalue weighted by atomic mass is 16.6. The number of hydrogen-bond acceptors (Lipinski definition) is 6. The lowest BCUT2D eigenvalue weighted by atomic mass is 9.77. The smallest absolute Gasteiger partial charge is 0.231 e. The quantitative estimate of drug-likeness (QED) is 0.778. The molecular formula is C22H20N2O6. The van der Waals surface area contributed by atoms with Gasteiger partial charge in [-0.2, -0.15) is 0 Å². The molecule has 6 rings (SSSR count). The molecular weight excluding hydrogens is 388 g/mol. The van der Waals surface area contributed by atoms with Crippen LogP contribution < -0.4 is 14.8 Å². The number of nitrogens with one attached hydrogen (secondary N) is 1. The molecule has 0 radical (unpaired) electrons. The third-order valence-corrected chi connectivity index (χ3v) is 6.22. The minimum atomic E-state index is -0.747. The molecule has 154 valence electrons. The molecule has 8 heteroatoms. The van der Waals surface area contributed by atoms with Gasteiger partial charge < -0.3 is 28.8 Å². The number of likely N-dealkylation sites (tertiary alicyclic amines) is 1. The zero-order valence-electron chi connectivity index (χ0n) is 16.1. The van der Waals surface area contributed by atoms with Crippen LogP contribution in [0.4, 0.5) is 5.69 Å². The van der Waals surface area contributed by atoms with E-state index in [2.05, 4.69) is 5.32 Å². The number of benzene rings is 1. The Labute approximate surface area is 172 Å². The summed E-state index contributed by atoms with van der Waals surface area (Å²) in [4.78, 5) is 28.1. The van der Waals surface area contributed by atoms with Gasteiger partial charge in [0, 0.05) is 11.8 Å². The van der Waals surface area contributed by atoms with Crippen LogP contribution >= 0.6 is 0 Å². The Morgan fingerprint density at radius 2 is 2.07 bits per heavy atom. The van der Waals surface area contributed by atoms with Gasteiger partial charge in [0.2, 0.25) is 11.8 Å². The lowest BCUT2D eigenvalue weighted by molar-refractivity contribution is -0.136. The summed E-state index contributed by atoms with van der Waals surface area (Å²) in [6, 6.07) is 8.91. The summed E-state index contributed by atoms with van der Waals surface area (Å²) < 4.78 is 22.7. The van der Waals surface area contributed by atoms with Gasteiger partial charge in [0.05, 0.1) is 37.3 Å². The average Bonchev–Trinajstić information content (AvgIpc) is 3.51. The Hall–Kier alpha value is -3.26. The summed E-state index contributed by atoms with van der Waals surface area (Å²) in [5, 5.41) is 2.93. The Morgan fingerprint density at radius 1 is 1.20 bits per heavy atom. The van der Waals surface area contributed by atoms with Gasteiger partial charge in [0.25, 0.3) is 0 Å². The molecule has 2 fully saturated rings. The van der Waals surface area contributed by atoms with Gasteiger partial charge in [-0.3, -0.25) is 9.59 Å². The van der Waals surface area contributed by atoms with Crippen molar-refractivity contribution in [1.29, 1.82) is 0 Å². The zero-order chi connectivity index (χ0) is 20.3. The zero-order valence-corrected chi connectivity index (χ0v) is 16.1. The highest BCUT2D eigenvalue weighted by Crippen LogP contribution is 2.52. The van der Waals surface area contributed by atoms with Crippen molar-refractivity contribution in [1.82, 2.24) is 4.90 Å². The van der Waals surface area contributed by atoms with Crippen molar-refractivity contribution in [3.05, 3.63) is 54.5 Å². The van der Waals surface area contributed by atoms with Crippen LogP contribution in [0, 0.1) is 11.8 Å². The molecule has 0 saturated carbocycles. The fraction of sp³-hybridized carbons (Fsp3) is 0.364.